The Morgan fingerprint density at radius 2 is 1.83 bits per heavy atom. The van der Waals surface area contributed by atoms with Crippen LogP contribution in [0.25, 0.3) is 0 Å². The Morgan fingerprint density at radius 3 is 2.28 bits per heavy atom. The minimum atomic E-state index is -0.530. The molecule has 1 saturated heterocycles. The maximum Gasteiger partial charge on any atom is 0.0826 e. The molecule has 1 aromatic rings. The van der Waals surface area contributed by atoms with Gasteiger partial charge in [0.25, 0.3) is 0 Å². The van der Waals surface area contributed by atoms with Crippen LogP contribution in [0.3, 0.4) is 0 Å². The van der Waals surface area contributed by atoms with Crippen molar-refractivity contribution in [3.63, 3.8) is 0 Å². The van der Waals surface area contributed by atoms with E-state index in [1.165, 1.54) is 11.1 Å². The summed E-state index contributed by atoms with van der Waals surface area (Å²) in [6.07, 6.45) is 1.65. The first-order chi connectivity index (χ1) is 8.28. The molecule has 1 aromatic carbocycles. The summed E-state index contributed by atoms with van der Waals surface area (Å²) in [6.45, 7) is 8.45. The maximum atomic E-state index is 10.5. The monoisotopic (exact) mass is 247 g/mol. The molecular formula is C16H25NO. The van der Waals surface area contributed by atoms with Crippen molar-refractivity contribution in [2.24, 2.45) is 0 Å². The van der Waals surface area contributed by atoms with E-state index in [1.807, 2.05) is 0 Å². The Labute approximate surface area is 111 Å². The average Bonchev–Trinajstić information content (AvgIpc) is 2.58. The van der Waals surface area contributed by atoms with Gasteiger partial charge < -0.3 is 10.0 Å². The van der Waals surface area contributed by atoms with Crippen LogP contribution in [0, 0.1) is 0 Å². The van der Waals surface area contributed by atoms with Crippen LogP contribution >= 0.6 is 0 Å². The van der Waals surface area contributed by atoms with Gasteiger partial charge in [-0.25, -0.2) is 0 Å². The normalized spacial score (nSPS) is 25.6. The van der Waals surface area contributed by atoms with E-state index in [-0.39, 0.29) is 5.41 Å². The molecule has 0 amide bonds. The number of hydrogen-bond donors (Lipinski definition) is 1. The zero-order valence-corrected chi connectivity index (χ0v) is 12.0. The van der Waals surface area contributed by atoms with Crippen LogP contribution in [0.15, 0.2) is 24.3 Å². The van der Waals surface area contributed by atoms with Crippen molar-refractivity contribution in [1.82, 2.24) is 4.90 Å². The Kier molecular flexibility index (Phi) is 3.52. The third-order valence-electron chi connectivity index (χ3n) is 3.88. The number of rotatable bonds is 2. The van der Waals surface area contributed by atoms with Gasteiger partial charge in [0.1, 0.15) is 0 Å². The minimum absolute atomic E-state index is 0.197. The quantitative estimate of drug-likeness (QED) is 0.868. The lowest BCUT2D eigenvalue weighted by atomic mass is 9.85. The van der Waals surface area contributed by atoms with Crippen molar-refractivity contribution in [2.45, 2.75) is 44.6 Å². The van der Waals surface area contributed by atoms with Gasteiger partial charge >= 0.3 is 0 Å². The number of likely N-dealkylation sites (N-methyl/N-ethyl adjacent to an activating group) is 1. The topological polar surface area (TPSA) is 23.5 Å². The summed E-state index contributed by atoms with van der Waals surface area (Å²) in [6, 6.07) is 8.71. The van der Waals surface area contributed by atoms with Gasteiger partial charge in [-0.3, -0.25) is 0 Å². The van der Waals surface area contributed by atoms with Crippen molar-refractivity contribution >= 4 is 0 Å². The predicted molar refractivity (Wildman–Crippen MR) is 75.9 cm³/mol. The summed E-state index contributed by atoms with van der Waals surface area (Å²) in [5.41, 5.74) is 2.25. The van der Waals surface area contributed by atoms with Crippen molar-refractivity contribution in [2.75, 3.05) is 20.1 Å². The zero-order chi connectivity index (χ0) is 13.4. The van der Waals surface area contributed by atoms with Crippen LogP contribution in [-0.2, 0) is 11.8 Å². The van der Waals surface area contributed by atoms with Gasteiger partial charge in [0.2, 0.25) is 0 Å². The molecule has 1 N–H and O–H groups in total. The SMILES string of the molecule is CN1CCC(O)(Cc2ccc(C(C)(C)C)cc2)C1. The molecule has 1 atom stereocenters. The molecule has 18 heavy (non-hydrogen) atoms. The molecule has 2 rings (SSSR count). The summed E-state index contributed by atoms with van der Waals surface area (Å²) >= 11 is 0. The number of benzene rings is 1. The van der Waals surface area contributed by atoms with E-state index in [2.05, 4.69) is 57.0 Å². The Balaban J connectivity index is 2.07. The summed E-state index contributed by atoms with van der Waals surface area (Å²) in [5.74, 6) is 0. The summed E-state index contributed by atoms with van der Waals surface area (Å²) in [4.78, 5) is 2.20. The third-order valence-corrected chi connectivity index (χ3v) is 3.88. The van der Waals surface area contributed by atoms with E-state index < -0.39 is 5.60 Å². The molecule has 0 saturated carbocycles. The molecular weight excluding hydrogens is 222 g/mol. The third kappa shape index (κ3) is 3.12. The maximum absolute atomic E-state index is 10.5. The predicted octanol–water partition coefficient (Wildman–Crippen LogP) is 2.59. The molecule has 100 valence electrons. The number of aliphatic hydroxyl groups is 1. The highest BCUT2D eigenvalue weighted by Crippen LogP contribution is 2.26. The van der Waals surface area contributed by atoms with E-state index in [0.717, 1.165) is 25.9 Å². The second-order valence-electron chi connectivity index (χ2n) is 6.84. The lowest BCUT2D eigenvalue weighted by molar-refractivity contribution is 0.0523. The van der Waals surface area contributed by atoms with Crippen LogP contribution in [0.5, 0.6) is 0 Å². The van der Waals surface area contributed by atoms with E-state index in [1.54, 1.807) is 0 Å². The van der Waals surface area contributed by atoms with Crippen LogP contribution in [0.2, 0.25) is 0 Å². The Hall–Kier alpha value is -0.860. The fraction of sp³-hybridized carbons (Fsp3) is 0.625. The lowest BCUT2D eigenvalue weighted by Gasteiger charge is -2.23. The molecule has 2 heteroatoms. The molecule has 0 aromatic heterocycles. The second kappa shape index (κ2) is 4.67. The second-order valence-corrected chi connectivity index (χ2v) is 6.84. The molecule has 0 spiro atoms. The highest BCUT2D eigenvalue weighted by Gasteiger charge is 2.34. The van der Waals surface area contributed by atoms with E-state index >= 15 is 0 Å². The first kappa shape index (κ1) is 13.6. The number of likely N-dealkylation sites (tertiary alicyclic amines) is 1. The van der Waals surface area contributed by atoms with Crippen molar-refractivity contribution in [3.8, 4) is 0 Å². The van der Waals surface area contributed by atoms with Gasteiger partial charge in [0.05, 0.1) is 5.60 Å². The molecule has 1 heterocycles. The highest BCUT2D eigenvalue weighted by molar-refractivity contribution is 5.28. The van der Waals surface area contributed by atoms with Gasteiger partial charge in [-0.05, 0) is 30.0 Å². The largest absolute Gasteiger partial charge is 0.388 e. The standard InChI is InChI=1S/C16H25NO/c1-15(2,3)14-7-5-13(6-8-14)11-16(18)9-10-17(4)12-16/h5-8,18H,9-12H2,1-4H3. The van der Waals surface area contributed by atoms with Crippen LogP contribution < -0.4 is 0 Å². The number of hydrogen-bond acceptors (Lipinski definition) is 2. The van der Waals surface area contributed by atoms with Gasteiger partial charge in [-0.15, -0.1) is 0 Å². The molecule has 1 fully saturated rings. The molecule has 0 radical (unpaired) electrons. The minimum Gasteiger partial charge on any atom is -0.388 e. The first-order valence-corrected chi connectivity index (χ1v) is 6.79. The van der Waals surface area contributed by atoms with E-state index in [9.17, 15) is 5.11 Å². The van der Waals surface area contributed by atoms with E-state index in [0.29, 0.717) is 0 Å². The Bertz CT molecular complexity index is 404. The molecule has 1 aliphatic rings. The van der Waals surface area contributed by atoms with Crippen molar-refractivity contribution < 1.29 is 5.11 Å². The van der Waals surface area contributed by atoms with Crippen LogP contribution in [0.4, 0.5) is 0 Å². The lowest BCUT2D eigenvalue weighted by Crippen LogP contribution is -2.34. The molecule has 0 bridgehead atoms. The highest BCUT2D eigenvalue weighted by atomic mass is 16.3. The summed E-state index contributed by atoms with van der Waals surface area (Å²) in [5, 5.41) is 10.5. The van der Waals surface area contributed by atoms with Gasteiger partial charge in [-0.2, -0.15) is 0 Å². The Morgan fingerprint density at radius 1 is 1.22 bits per heavy atom. The van der Waals surface area contributed by atoms with E-state index in [4.69, 9.17) is 0 Å². The fourth-order valence-corrected chi connectivity index (χ4v) is 2.71. The van der Waals surface area contributed by atoms with Gasteiger partial charge in [0, 0.05) is 19.5 Å². The molecule has 1 unspecified atom stereocenters. The molecule has 2 nitrogen and oxygen atoms in total. The van der Waals surface area contributed by atoms with Crippen molar-refractivity contribution in [1.29, 1.82) is 0 Å². The fourth-order valence-electron chi connectivity index (χ4n) is 2.71. The average molecular weight is 247 g/mol. The number of nitrogens with zero attached hydrogens (tertiary/aromatic N) is 1. The smallest absolute Gasteiger partial charge is 0.0826 e. The summed E-state index contributed by atoms with van der Waals surface area (Å²) in [7, 11) is 2.07. The van der Waals surface area contributed by atoms with Crippen LogP contribution in [0.1, 0.15) is 38.3 Å². The molecule has 0 aliphatic carbocycles. The van der Waals surface area contributed by atoms with Crippen molar-refractivity contribution in [3.05, 3.63) is 35.4 Å². The summed E-state index contributed by atoms with van der Waals surface area (Å²) < 4.78 is 0. The van der Waals surface area contributed by atoms with Gasteiger partial charge in [-0.1, -0.05) is 45.0 Å². The number of β-amino-alcohol motifs (C(OH)–C–C–N with tert-alkyl or cyclic N) is 1. The molecule has 1 aliphatic heterocycles. The first-order valence-electron chi connectivity index (χ1n) is 6.79. The zero-order valence-electron chi connectivity index (χ0n) is 12.0. The van der Waals surface area contributed by atoms with Crippen LogP contribution in [-0.4, -0.2) is 35.7 Å². The van der Waals surface area contributed by atoms with Gasteiger partial charge in [0.15, 0.2) is 0 Å².